The molecule has 1 amide bonds. The number of ether oxygens (including phenoxy) is 1. The number of nitrogens with zero attached hydrogens (tertiary/aromatic N) is 5. The Kier molecular flexibility index (Phi) is 6.55. The highest BCUT2D eigenvalue weighted by Gasteiger charge is 2.39. The first kappa shape index (κ1) is 24.3. The van der Waals surface area contributed by atoms with Gasteiger partial charge in [0.05, 0.1) is 12.7 Å². The number of aromatic nitrogens is 4. The van der Waals surface area contributed by atoms with Gasteiger partial charge >= 0.3 is 12.3 Å². The molecule has 9 nitrogen and oxygen atoms in total. The van der Waals surface area contributed by atoms with Crippen molar-refractivity contribution in [1.82, 2.24) is 25.1 Å². The number of carbonyl (C=O) groups excluding carboxylic acids is 1. The molecule has 0 spiro atoms. The number of hydrogen-bond donors (Lipinski definition) is 2. The molecule has 1 aromatic carbocycles. The average Bonchev–Trinajstić information content (AvgIpc) is 3.53. The van der Waals surface area contributed by atoms with Crippen molar-refractivity contribution in [2.75, 3.05) is 23.7 Å². The SMILES string of the molecule is Nc1nccc2cc(CNC(=O)Oc3cn(Cc4ccnc(N5CCCC5)c4)nc3C(F)(F)F)ccc12. The van der Waals surface area contributed by atoms with Crippen LogP contribution in [0.1, 0.15) is 29.7 Å². The van der Waals surface area contributed by atoms with Gasteiger partial charge in [0, 0.05) is 37.4 Å². The fraction of sp³-hybridized carbons (Fsp3) is 0.280. The number of pyridine rings is 2. The molecule has 192 valence electrons. The van der Waals surface area contributed by atoms with Crippen LogP contribution in [-0.4, -0.2) is 38.9 Å². The van der Waals surface area contributed by atoms with E-state index in [0.717, 1.165) is 59.0 Å². The molecule has 1 aliphatic heterocycles. The van der Waals surface area contributed by atoms with E-state index in [0.29, 0.717) is 11.4 Å². The molecule has 3 N–H and O–H groups in total. The van der Waals surface area contributed by atoms with Gasteiger partial charge in [-0.05, 0) is 53.6 Å². The largest absolute Gasteiger partial charge is 0.438 e. The van der Waals surface area contributed by atoms with Crippen molar-refractivity contribution < 1.29 is 22.7 Å². The van der Waals surface area contributed by atoms with Crippen molar-refractivity contribution in [3.63, 3.8) is 0 Å². The smallest absolute Gasteiger partial charge is 0.406 e. The molecular formula is C25H24F3N7O2. The predicted octanol–water partition coefficient (Wildman–Crippen LogP) is 4.36. The molecule has 4 aromatic rings. The second-order valence-corrected chi connectivity index (χ2v) is 8.75. The van der Waals surface area contributed by atoms with Crippen molar-refractivity contribution in [3.05, 3.63) is 71.8 Å². The number of nitrogens with two attached hydrogens (primary N) is 1. The van der Waals surface area contributed by atoms with Gasteiger partial charge in [0.1, 0.15) is 11.6 Å². The molecule has 1 fully saturated rings. The summed E-state index contributed by atoms with van der Waals surface area (Å²) in [4.78, 5) is 22.9. The Morgan fingerprint density at radius 2 is 1.84 bits per heavy atom. The lowest BCUT2D eigenvalue weighted by molar-refractivity contribution is -0.142. The number of alkyl halides is 3. The standard InChI is InChI=1S/C25H24F3N7O2/c26-25(27,28)22-20(15-35(33-22)14-17-5-7-30-21(12-17)34-9-1-2-10-34)37-24(36)32-13-16-3-4-19-18(11-16)6-8-31-23(19)29/h3-8,11-12,15H,1-2,9-10,13-14H2,(H2,29,31)(H,32,36). The number of benzene rings is 1. The van der Waals surface area contributed by atoms with Crippen LogP contribution in [0.5, 0.6) is 5.75 Å². The first-order chi connectivity index (χ1) is 17.8. The van der Waals surface area contributed by atoms with Gasteiger partial charge in [-0.3, -0.25) is 4.68 Å². The van der Waals surface area contributed by atoms with Gasteiger partial charge in [0.2, 0.25) is 5.69 Å². The lowest BCUT2D eigenvalue weighted by Crippen LogP contribution is -2.27. The van der Waals surface area contributed by atoms with Crippen LogP contribution in [0.2, 0.25) is 0 Å². The first-order valence-corrected chi connectivity index (χ1v) is 11.7. The van der Waals surface area contributed by atoms with Crippen LogP contribution in [0.25, 0.3) is 10.8 Å². The summed E-state index contributed by atoms with van der Waals surface area (Å²) in [6, 6.07) is 10.6. The van der Waals surface area contributed by atoms with Crippen molar-refractivity contribution in [2.24, 2.45) is 0 Å². The molecule has 3 aromatic heterocycles. The summed E-state index contributed by atoms with van der Waals surface area (Å²) in [5.41, 5.74) is 6.02. The second kappa shape index (κ2) is 9.96. The van der Waals surface area contributed by atoms with E-state index in [4.69, 9.17) is 10.5 Å². The van der Waals surface area contributed by atoms with Crippen LogP contribution in [0.4, 0.5) is 29.6 Å². The molecule has 37 heavy (non-hydrogen) atoms. The zero-order chi connectivity index (χ0) is 26.0. The van der Waals surface area contributed by atoms with E-state index in [1.165, 1.54) is 0 Å². The quantitative estimate of drug-likeness (QED) is 0.396. The fourth-order valence-electron chi connectivity index (χ4n) is 4.29. The van der Waals surface area contributed by atoms with Crippen LogP contribution >= 0.6 is 0 Å². The number of amides is 1. The highest BCUT2D eigenvalue weighted by Crippen LogP contribution is 2.35. The topological polar surface area (TPSA) is 111 Å². The summed E-state index contributed by atoms with van der Waals surface area (Å²) in [6.07, 6.45) is 0.597. The van der Waals surface area contributed by atoms with Crippen molar-refractivity contribution in [3.8, 4) is 5.75 Å². The minimum Gasteiger partial charge on any atom is -0.406 e. The summed E-state index contributed by atoms with van der Waals surface area (Å²) < 4.78 is 47.0. The first-order valence-electron chi connectivity index (χ1n) is 11.7. The molecule has 1 saturated heterocycles. The summed E-state index contributed by atoms with van der Waals surface area (Å²) in [6.45, 7) is 1.90. The Morgan fingerprint density at radius 3 is 2.62 bits per heavy atom. The third-order valence-electron chi connectivity index (χ3n) is 6.08. The van der Waals surface area contributed by atoms with Crippen LogP contribution in [0.3, 0.4) is 0 Å². The van der Waals surface area contributed by atoms with Crippen LogP contribution in [0.15, 0.2) is 55.0 Å². The number of halogens is 3. The number of hydrogen-bond acceptors (Lipinski definition) is 7. The minimum absolute atomic E-state index is 0.0444. The van der Waals surface area contributed by atoms with E-state index < -0.39 is 23.7 Å². The Bertz CT molecular complexity index is 1430. The molecule has 0 unspecified atom stereocenters. The van der Waals surface area contributed by atoms with Gasteiger partial charge in [-0.2, -0.15) is 18.3 Å². The summed E-state index contributed by atoms with van der Waals surface area (Å²) >= 11 is 0. The Hall–Kier alpha value is -4.35. The molecule has 0 saturated carbocycles. The van der Waals surface area contributed by atoms with E-state index in [1.54, 1.807) is 42.7 Å². The lowest BCUT2D eigenvalue weighted by Gasteiger charge is -2.16. The second-order valence-electron chi connectivity index (χ2n) is 8.75. The van der Waals surface area contributed by atoms with Gasteiger partial charge < -0.3 is 20.7 Å². The molecule has 0 bridgehead atoms. The van der Waals surface area contributed by atoms with Crippen molar-refractivity contribution >= 4 is 28.5 Å². The van der Waals surface area contributed by atoms with Crippen molar-refractivity contribution in [1.29, 1.82) is 0 Å². The fourth-order valence-corrected chi connectivity index (χ4v) is 4.29. The highest BCUT2D eigenvalue weighted by atomic mass is 19.4. The predicted molar refractivity (Wildman–Crippen MR) is 131 cm³/mol. The zero-order valence-electron chi connectivity index (χ0n) is 19.7. The Labute approximate surface area is 210 Å². The molecule has 0 radical (unpaired) electrons. The van der Waals surface area contributed by atoms with E-state index >= 15 is 0 Å². The maximum absolute atomic E-state index is 13.6. The third-order valence-corrected chi connectivity index (χ3v) is 6.08. The number of nitrogens with one attached hydrogen (secondary N) is 1. The van der Waals surface area contributed by atoms with Gasteiger partial charge in [0.25, 0.3) is 0 Å². The third kappa shape index (κ3) is 5.57. The average molecular weight is 512 g/mol. The Morgan fingerprint density at radius 1 is 1.05 bits per heavy atom. The summed E-state index contributed by atoms with van der Waals surface area (Å²) in [5, 5.41) is 7.72. The summed E-state index contributed by atoms with van der Waals surface area (Å²) in [5.74, 6) is 0.491. The Balaban J connectivity index is 1.28. The minimum atomic E-state index is -4.80. The molecule has 12 heteroatoms. The molecular weight excluding hydrogens is 487 g/mol. The molecule has 0 atom stereocenters. The summed E-state index contributed by atoms with van der Waals surface area (Å²) in [7, 11) is 0. The lowest BCUT2D eigenvalue weighted by atomic mass is 10.1. The number of carbonyl (C=O) groups is 1. The highest BCUT2D eigenvalue weighted by molar-refractivity contribution is 5.91. The van der Waals surface area contributed by atoms with E-state index in [2.05, 4.69) is 25.3 Å². The van der Waals surface area contributed by atoms with Crippen molar-refractivity contribution in [2.45, 2.75) is 32.1 Å². The number of nitrogen functional groups attached to an aromatic ring is 1. The molecule has 5 rings (SSSR count). The molecule has 4 heterocycles. The number of rotatable bonds is 6. The number of fused-ring (bicyclic) bond motifs is 1. The molecule has 0 aliphatic carbocycles. The normalized spacial score (nSPS) is 13.8. The molecule has 1 aliphatic rings. The number of anilines is 2. The van der Waals surface area contributed by atoms with Gasteiger partial charge in [-0.15, -0.1) is 0 Å². The van der Waals surface area contributed by atoms with E-state index in [-0.39, 0.29) is 13.1 Å². The van der Waals surface area contributed by atoms with Crippen LogP contribution < -0.4 is 20.7 Å². The zero-order valence-corrected chi connectivity index (χ0v) is 19.7. The van der Waals surface area contributed by atoms with Gasteiger partial charge in [0.15, 0.2) is 5.75 Å². The maximum Gasteiger partial charge on any atom is 0.438 e. The van der Waals surface area contributed by atoms with Gasteiger partial charge in [-0.1, -0.05) is 12.1 Å². The van der Waals surface area contributed by atoms with Gasteiger partial charge in [-0.25, -0.2) is 14.8 Å². The van der Waals surface area contributed by atoms with E-state index in [9.17, 15) is 18.0 Å². The monoisotopic (exact) mass is 511 g/mol. The van der Waals surface area contributed by atoms with E-state index in [1.807, 2.05) is 6.07 Å². The maximum atomic E-state index is 13.6. The van der Waals surface area contributed by atoms with Crippen LogP contribution in [0, 0.1) is 0 Å². The van der Waals surface area contributed by atoms with Crippen LogP contribution in [-0.2, 0) is 19.3 Å².